The van der Waals surface area contributed by atoms with Crippen LogP contribution in [-0.2, 0) is 6.42 Å². The standard InChI is InChI=1S/C14H19NO2/c1-2-14(9-6-10-15(14)13(16)17)11-12-7-4-3-5-8-12/h3-5,7-8H,2,6,9-11H2,1H3,(H,16,17)/t14-/m1/s1. The van der Waals surface area contributed by atoms with Gasteiger partial charge in [-0.2, -0.15) is 0 Å². The van der Waals surface area contributed by atoms with Gasteiger partial charge in [-0.15, -0.1) is 0 Å². The van der Waals surface area contributed by atoms with Gasteiger partial charge < -0.3 is 10.0 Å². The molecule has 1 heterocycles. The summed E-state index contributed by atoms with van der Waals surface area (Å²) < 4.78 is 0. The Kier molecular flexibility index (Phi) is 3.36. The van der Waals surface area contributed by atoms with E-state index in [2.05, 4.69) is 19.1 Å². The number of rotatable bonds is 3. The van der Waals surface area contributed by atoms with E-state index in [0.717, 1.165) is 25.7 Å². The summed E-state index contributed by atoms with van der Waals surface area (Å²) in [5.74, 6) is 0. The van der Waals surface area contributed by atoms with Crippen molar-refractivity contribution in [3.05, 3.63) is 35.9 Å². The quantitative estimate of drug-likeness (QED) is 0.871. The third kappa shape index (κ3) is 2.28. The summed E-state index contributed by atoms with van der Waals surface area (Å²) in [6.07, 6.45) is 2.89. The summed E-state index contributed by atoms with van der Waals surface area (Å²) in [5, 5.41) is 9.28. The number of hydrogen-bond acceptors (Lipinski definition) is 1. The highest BCUT2D eigenvalue weighted by molar-refractivity contribution is 5.66. The molecular formula is C14H19NO2. The van der Waals surface area contributed by atoms with Gasteiger partial charge in [0.05, 0.1) is 5.54 Å². The molecule has 1 aromatic rings. The van der Waals surface area contributed by atoms with Gasteiger partial charge in [0.2, 0.25) is 0 Å². The molecule has 0 bridgehead atoms. The third-order valence-electron chi connectivity index (χ3n) is 3.86. The number of nitrogens with zero attached hydrogens (tertiary/aromatic N) is 1. The van der Waals surface area contributed by atoms with Crippen molar-refractivity contribution in [3.8, 4) is 0 Å². The molecule has 17 heavy (non-hydrogen) atoms. The Balaban J connectivity index is 2.22. The topological polar surface area (TPSA) is 40.5 Å². The highest BCUT2D eigenvalue weighted by Crippen LogP contribution is 2.35. The summed E-state index contributed by atoms with van der Waals surface area (Å²) in [5.41, 5.74) is 1.04. The normalized spacial score (nSPS) is 23.9. The Morgan fingerprint density at radius 1 is 1.41 bits per heavy atom. The van der Waals surface area contributed by atoms with Gasteiger partial charge in [0.1, 0.15) is 0 Å². The van der Waals surface area contributed by atoms with E-state index in [1.54, 1.807) is 4.90 Å². The molecule has 1 aliphatic rings. The number of benzene rings is 1. The monoisotopic (exact) mass is 233 g/mol. The molecule has 1 atom stereocenters. The van der Waals surface area contributed by atoms with Crippen LogP contribution in [-0.4, -0.2) is 28.2 Å². The first kappa shape index (κ1) is 12.0. The molecule has 1 aromatic carbocycles. The average molecular weight is 233 g/mol. The van der Waals surface area contributed by atoms with Crippen LogP contribution in [0, 0.1) is 0 Å². The predicted octanol–water partition coefficient (Wildman–Crippen LogP) is 3.15. The van der Waals surface area contributed by atoms with Crippen molar-refractivity contribution in [3.63, 3.8) is 0 Å². The minimum atomic E-state index is -0.778. The summed E-state index contributed by atoms with van der Waals surface area (Å²) >= 11 is 0. The maximum atomic E-state index is 11.3. The van der Waals surface area contributed by atoms with Crippen LogP contribution in [0.3, 0.4) is 0 Å². The molecule has 0 spiro atoms. The van der Waals surface area contributed by atoms with Crippen LogP contribution in [0.1, 0.15) is 31.7 Å². The highest BCUT2D eigenvalue weighted by Gasteiger charge is 2.42. The second kappa shape index (κ2) is 4.78. The maximum absolute atomic E-state index is 11.3. The largest absolute Gasteiger partial charge is 0.465 e. The van der Waals surface area contributed by atoms with Crippen molar-refractivity contribution in [2.75, 3.05) is 6.54 Å². The van der Waals surface area contributed by atoms with Crippen LogP contribution in [0.15, 0.2) is 30.3 Å². The molecule has 0 unspecified atom stereocenters. The molecule has 1 saturated heterocycles. The zero-order chi connectivity index (χ0) is 12.3. The zero-order valence-electron chi connectivity index (χ0n) is 10.2. The first-order valence-corrected chi connectivity index (χ1v) is 6.22. The van der Waals surface area contributed by atoms with Crippen molar-refractivity contribution >= 4 is 6.09 Å². The number of carboxylic acid groups (broad SMARTS) is 1. The lowest BCUT2D eigenvalue weighted by molar-refractivity contribution is 0.0990. The first-order chi connectivity index (χ1) is 8.18. The molecule has 1 N–H and O–H groups in total. The summed E-state index contributed by atoms with van der Waals surface area (Å²) in [4.78, 5) is 12.9. The Morgan fingerprint density at radius 3 is 2.71 bits per heavy atom. The van der Waals surface area contributed by atoms with E-state index >= 15 is 0 Å². The van der Waals surface area contributed by atoms with Crippen LogP contribution >= 0.6 is 0 Å². The van der Waals surface area contributed by atoms with Crippen LogP contribution in [0.4, 0.5) is 4.79 Å². The predicted molar refractivity (Wildman–Crippen MR) is 67.1 cm³/mol. The van der Waals surface area contributed by atoms with Crippen molar-refractivity contribution in [2.45, 2.75) is 38.1 Å². The maximum Gasteiger partial charge on any atom is 0.407 e. The van der Waals surface area contributed by atoms with Crippen LogP contribution in [0.2, 0.25) is 0 Å². The van der Waals surface area contributed by atoms with Crippen molar-refractivity contribution < 1.29 is 9.90 Å². The van der Waals surface area contributed by atoms with Crippen molar-refractivity contribution in [1.29, 1.82) is 0 Å². The van der Waals surface area contributed by atoms with E-state index in [-0.39, 0.29) is 5.54 Å². The SMILES string of the molecule is CC[C@]1(Cc2ccccc2)CCCN1C(=O)O. The number of hydrogen-bond donors (Lipinski definition) is 1. The summed E-state index contributed by atoms with van der Waals surface area (Å²) in [6.45, 7) is 2.76. The van der Waals surface area contributed by atoms with Gasteiger partial charge in [-0.1, -0.05) is 37.3 Å². The third-order valence-corrected chi connectivity index (χ3v) is 3.86. The lowest BCUT2D eigenvalue weighted by Gasteiger charge is -2.36. The Hall–Kier alpha value is -1.51. The average Bonchev–Trinajstić information content (AvgIpc) is 2.75. The van der Waals surface area contributed by atoms with Gasteiger partial charge in [0.25, 0.3) is 0 Å². The van der Waals surface area contributed by atoms with Gasteiger partial charge in [0.15, 0.2) is 0 Å². The molecule has 0 aromatic heterocycles. The molecule has 1 amide bonds. The lowest BCUT2D eigenvalue weighted by atomic mass is 9.86. The van der Waals surface area contributed by atoms with Gasteiger partial charge in [-0.3, -0.25) is 0 Å². The van der Waals surface area contributed by atoms with Crippen LogP contribution < -0.4 is 0 Å². The fourth-order valence-electron chi connectivity index (χ4n) is 2.89. The van der Waals surface area contributed by atoms with E-state index < -0.39 is 6.09 Å². The number of likely N-dealkylation sites (tertiary alicyclic amines) is 1. The van der Waals surface area contributed by atoms with Gasteiger partial charge in [0, 0.05) is 6.54 Å². The fourth-order valence-corrected chi connectivity index (χ4v) is 2.89. The van der Waals surface area contributed by atoms with E-state index in [9.17, 15) is 9.90 Å². The minimum Gasteiger partial charge on any atom is -0.465 e. The first-order valence-electron chi connectivity index (χ1n) is 6.22. The smallest absolute Gasteiger partial charge is 0.407 e. The number of amides is 1. The van der Waals surface area contributed by atoms with Crippen LogP contribution in [0.5, 0.6) is 0 Å². The van der Waals surface area contributed by atoms with E-state index in [1.165, 1.54) is 5.56 Å². The molecule has 3 nitrogen and oxygen atoms in total. The van der Waals surface area contributed by atoms with Gasteiger partial charge in [-0.25, -0.2) is 4.79 Å². The molecule has 0 saturated carbocycles. The second-order valence-corrected chi connectivity index (χ2v) is 4.78. The second-order valence-electron chi connectivity index (χ2n) is 4.78. The highest BCUT2D eigenvalue weighted by atomic mass is 16.4. The summed E-state index contributed by atoms with van der Waals surface area (Å²) in [7, 11) is 0. The van der Waals surface area contributed by atoms with Gasteiger partial charge >= 0.3 is 6.09 Å². The van der Waals surface area contributed by atoms with Crippen LogP contribution in [0.25, 0.3) is 0 Å². The fraction of sp³-hybridized carbons (Fsp3) is 0.500. The van der Waals surface area contributed by atoms with Crippen molar-refractivity contribution in [2.24, 2.45) is 0 Å². The molecular weight excluding hydrogens is 214 g/mol. The molecule has 0 aliphatic carbocycles. The van der Waals surface area contributed by atoms with E-state index in [4.69, 9.17) is 0 Å². The molecule has 1 fully saturated rings. The van der Waals surface area contributed by atoms with Crippen molar-refractivity contribution in [1.82, 2.24) is 4.90 Å². The minimum absolute atomic E-state index is 0.187. The van der Waals surface area contributed by atoms with E-state index in [0.29, 0.717) is 6.54 Å². The molecule has 3 heteroatoms. The molecule has 2 rings (SSSR count). The summed E-state index contributed by atoms with van der Waals surface area (Å²) in [6, 6.07) is 10.2. The Labute approximate surface area is 102 Å². The zero-order valence-corrected chi connectivity index (χ0v) is 10.2. The molecule has 92 valence electrons. The Morgan fingerprint density at radius 2 is 2.12 bits per heavy atom. The van der Waals surface area contributed by atoms with E-state index in [1.807, 2.05) is 18.2 Å². The lowest BCUT2D eigenvalue weighted by Crippen LogP contribution is -2.47. The van der Waals surface area contributed by atoms with Gasteiger partial charge in [-0.05, 0) is 31.2 Å². The molecule has 1 aliphatic heterocycles. The Bertz CT molecular complexity index is 390. The number of carbonyl (C=O) groups is 1. The molecule has 0 radical (unpaired) electrons.